The lowest BCUT2D eigenvalue weighted by Crippen LogP contribution is -2.23. The highest BCUT2D eigenvalue weighted by atomic mass is 79.9. The monoisotopic (exact) mass is 339 g/mol. The molecular formula is C15H19BrFN3. The number of halogens is 2. The first-order valence-electron chi connectivity index (χ1n) is 6.84. The van der Waals surface area contributed by atoms with Gasteiger partial charge in [-0.2, -0.15) is 5.10 Å². The molecule has 1 heterocycles. The molecule has 0 fully saturated rings. The number of aromatic nitrogens is 2. The third-order valence-electron chi connectivity index (χ3n) is 3.26. The molecule has 0 aliphatic carbocycles. The molecule has 0 saturated heterocycles. The van der Waals surface area contributed by atoms with Crippen molar-refractivity contribution in [2.75, 3.05) is 6.54 Å². The standard InChI is InChI=1S/C15H19BrFN3/c1-3-18-14(8-11-9-19-20(4-2)10-11)12-6-5-7-13(17)15(12)16/h5-7,9-10,14,18H,3-4,8H2,1-2H3. The summed E-state index contributed by atoms with van der Waals surface area (Å²) in [6.07, 6.45) is 4.70. The van der Waals surface area contributed by atoms with Crippen LogP contribution in [0.1, 0.15) is 31.0 Å². The molecule has 5 heteroatoms. The van der Waals surface area contributed by atoms with E-state index in [2.05, 4.69) is 40.2 Å². The molecule has 1 aromatic carbocycles. The maximum atomic E-state index is 13.7. The van der Waals surface area contributed by atoms with Crippen LogP contribution in [0.2, 0.25) is 0 Å². The first kappa shape index (κ1) is 15.2. The number of rotatable bonds is 6. The molecule has 0 amide bonds. The Kier molecular flexibility index (Phi) is 5.31. The van der Waals surface area contributed by atoms with E-state index < -0.39 is 0 Å². The molecule has 1 unspecified atom stereocenters. The van der Waals surface area contributed by atoms with Crippen LogP contribution in [0, 0.1) is 5.82 Å². The second-order valence-corrected chi connectivity index (χ2v) is 5.45. The van der Waals surface area contributed by atoms with Crippen LogP contribution >= 0.6 is 15.9 Å². The van der Waals surface area contributed by atoms with E-state index in [1.807, 2.05) is 23.1 Å². The van der Waals surface area contributed by atoms with Gasteiger partial charge in [0.05, 0.1) is 10.7 Å². The van der Waals surface area contributed by atoms with Crippen LogP contribution in [0.3, 0.4) is 0 Å². The Labute approximate surface area is 127 Å². The Morgan fingerprint density at radius 3 is 2.85 bits per heavy atom. The fraction of sp³-hybridized carbons (Fsp3) is 0.400. The van der Waals surface area contributed by atoms with Gasteiger partial charge in [0.1, 0.15) is 5.82 Å². The highest BCUT2D eigenvalue weighted by Crippen LogP contribution is 2.28. The fourth-order valence-corrected chi connectivity index (χ4v) is 2.79. The molecule has 20 heavy (non-hydrogen) atoms. The molecule has 0 spiro atoms. The van der Waals surface area contributed by atoms with Crippen molar-refractivity contribution in [2.45, 2.75) is 32.9 Å². The minimum absolute atomic E-state index is 0.0691. The second kappa shape index (κ2) is 6.99. The number of aryl methyl sites for hydroxylation is 1. The van der Waals surface area contributed by atoms with Crippen molar-refractivity contribution >= 4 is 15.9 Å². The molecule has 0 radical (unpaired) electrons. The molecule has 2 aromatic rings. The third kappa shape index (κ3) is 3.46. The summed E-state index contributed by atoms with van der Waals surface area (Å²) in [6.45, 7) is 5.79. The van der Waals surface area contributed by atoms with Crippen LogP contribution < -0.4 is 5.32 Å². The molecule has 1 atom stereocenters. The zero-order valence-corrected chi connectivity index (χ0v) is 13.3. The Morgan fingerprint density at radius 2 is 2.20 bits per heavy atom. The van der Waals surface area contributed by atoms with Gasteiger partial charge in [0, 0.05) is 18.8 Å². The lowest BCUT2D eigenvalue weighted by atomic mass is 10.0. The van der Waals surface area contributed by atoms with Crippen LogP contribution in [0.15, 0.2) is 35.1 Å². The second-order valence-electron chi connectivity index (χ2n) is 4.66. The first-order chi connectivity index (χ1) is 9.65. The molecular weight excluding hydrogens is 321 g/mol. The summed E-state index contributed by atoms with van der Waals surface area (Å²) in [5.74, 6) is -0.227. The number of nitrogens with zero attached hydrogens (tertiary/aromatic N) is 2. The maximum Gasteiger partial charge on any atom is 0.137 e. The predicted octanol–water partition coefficient (Wildman–Crippen LogP) is 3.70. The number of hydrogen-bond donors (Lipinski definition) is 1. The van der Waals surface area contributed by atoms with Crippen molar-refractivity contribution in [3.05, 3.63) is 52.0 Å². The van der Waals surface area contributed by atoms with Crippen LogP contribution in [0.4, 0.5) is 4.39 Å². The van der Waals surface area contributed by atoms with E-state index >= 15 is 0 Å². The summed E-state index contributed by atoms with van der Waals surface area (Å²) < 4.78 is 16.1. The van der Waals surface area contributed by atoms with E-state index in [9.17, 15) is 4.39 Å². The predicted molar refractivity (Wildman–Crippen MR) is 82.1 cm³/mol. The topological polar surface area (TPSA) is 29.9 Å². The average molecular weight is 340 g/mol. The smallest absolute Gasteiger partial charge is 0.137 e. The van der Waals surface area contributed by atoms with Crippen molar-refractivity contribution in [2.24, 2.45) is 0 Å². The highest BCUT2D eigenvalue weighted by Gasteiger charge is 2.17. The molecule has 0 aliphatic heterocycles. The summed E-state index contributed by atoms with van der Waals surface area (Å²) in [7, 11) is 0. The number of hydrogen-bond acceptors (Lipinski definition) is 2. The number of benzene rings is 1. The summed E-state index contributed by atoms with van der Waals surface area (Å²) in [5, 5.41) is 7.69. The lowest BCUT2D eigenvalue weighted by Gasteiger charge is -2.19. The normalized spacial score (nSPS) is 12.6. The highest BCUT2D eigenvalue weighted by molar-refractivity contribution is 9.10. The molecule has 1 aromatic heterocycles. The van der Waals surface area contributed by atoms with Crippen LogP contribution in [0.5, 0.6) is 0 Å². The summed E-state index contributed by atoms with van der Waals surface area (Å²) in [5.41, 5.74) is 2.09. The Morgan fingerprint density at radius 1 is 1.40 bits per heavy atom. The fourth-order valence-electron chi connectivity index (χ4n) is 2.25. The quantitative estimate of drug-likeness (QED) is 0.869. The summed E-state index contributed by atoms with van der Waals surface area (Å²) in [6, 6.07) is 5.23. The van der Waals surface area contributed by atoms with E-state index in [0.717, 1.165) is 30.6 Å². The minimum Gasteiger partial charge on any atom is -0.310 e. The molecule has 1 N–H and O–H groups in total. The van der Waals surface area contributed by atoms with E-state index in [1.54, 1.807) is 6.07 Å². The summed E-state index contributed by atoms with van der Waals surface area (Å²) in [4.78, 5) is 0. The van der Waals surface area contributed by atoms with Gasteiger partial charge in [-0.1, -0.05) is 19.1 Å². The molecule has 3 nitrogen and oxygen atoms in total. The average Bonchev–Trinajstić information content (AvgIpc) is 2.89. The van der Waals surface area contributed by atoms with Crippen LogP contribution in [-0.2, 0) is 13.0 Å². The summed E-state index contributed by atoms with van der Waals surface area (Å²) >= 11 is 3.35. The molecule has 0 aliphatic rings. The van der Waals surface area contributed by atoms with Gasteiger partial charge in [0.2, 0.25) is 0 Å². The minimum atomic E-state index is -0.227. The van der Waals surface area contributed by atoms with E-state index in [4.69, 9.17) is 0 Å². The van der Waals surface area contributed by atoms with Crippen molar-refractivity contribution in [3.8, 4) is 0 Å². The van der Waals surface area contributed by atoms with Gasteiger partial charge in [0.15, 0.2) is 0 Å². The van der Waals surface area contributed by atoms with Gasteiger partial charge in [-0.25, -0.2) is 4.39 Å². The Bertz CT molecular complexity index is 568. The van der Waals surface area contributed by atoms with Gasteiger partial charge in [-0.3, -0.25) is 4.68 Å². The molecule has 2 rings (SSSR count). The molecule has 0 saturated carbocycles. The third-order valence-corrected chi connectivity index (χ3v) is 4.09. The van der Waals surface area contributed by atoms with Crippen molar-refractivity contribution in [1.29, 1.82) is 0 Å². The SMILES string of the molecule is CCNC(Cc1cnn(CC)c1)c1cccc(F)c1Br. The van der Waals surface area contributed by atoms with E-state index in [1.165, 1.54) is 6.07 Å². The largest absolute Gasteiger partial charge is 0.310 e. The molecule has 108 valence electrons. The Hall–Kier alpha value is -1.20. The zero-order chi connectivity index (χ0) is 14.5. The lowest BCUT2D eigenvalue weighted by molar-refractivity contribution is 0.538. The first-order valence-corrected chi connectivity index (χ1v) is 7.63. The number of likely N-dealkylation sites (N-methyl/N-ethyl adjacent to an activating group) is 1. The van der Waals surface area contributed by atoms with Crippen LogP contribution in [-0.4, -0.2) is 16.3 Å². The van der Waals surface area contributed by atoms with E-state index in [0.29, 0.717) is 4.47 Å². The van der Waals surface area contributed by atoms with Crippen molar-refractivity contribution < 1.29 is 4.39 Å². The zero-order valence-electron chi connectivity index (χ0n) is 11.7. The van der Waals surface area contributed by atoms with Crippen molar-refractivity contribution in [1.82, 2.24) is 15.1 Å². The van der Waals surface area contributed by atoms with Crippen molar-refractivity contribution in [3.63, 3.8) is 0 Å². The van der Waals surface area contributed by atoms with Gasteiger partial charge in [0.25, 0.3) is 0 Å². The number of nitrogens with one attached hydrogen (secondary N) is 1. The van der Waals surface area contributed by atoms with Crippen LogP contribution in [0.25, 0.3) is 0 Å². The van der Waals surface area contributed by atoms with E-state index in [-0.39, 0.29) is 11.9 Å². The van der Waals surface area contributed by atoms with Gasteiger partial charge in [-0.05, 0) is 53.0 Å². The van der Waals surface area contributed by atoms with Gasteiger partial charge in [-0.15, -0.1) is 0 Å². The Balaban J connectivity index is 2.24. The van der Waals surface area contributed by atoms with Gasteiger partial charge >= 0.3 is 0 Å². The molecule has 0 bridgehead atoms. The maximum absolute atomic E-state index is 13.7. The van der Waals surface area contributed by atoms with Gasteiger partial charge < -0.3 is 5.32 Å².